The van der Waals surface area contributed by atoms with Crippen LogP contribution in [0.25, 0.3) is 0 Å². The number of aromatic nitrogens is 3. The first-order chi connectivity index (χ1) is 17.5. The normalized spacial score (nSPS) is 17.6. The number of carbonyl (C=O) groups excluding carboxylic acids is 2. The van der Waals surface area contributed by atoms with Crippen LogP contribution >= 0.6 is 0 Å². The van der Waals surface area contributed by atoms with Crippen molar-refractivity contribution in [3.8, 4) is 5.75 Å². The van der Waals surface area contributed by atoms with E-state index in [-0.39, 0.29) is 36.1 Å². The maximum atomic E-state index is 13.4. The van der Waals surface area contributed by atoms with Crippen LogP contribution in [0.5, 0.6) is 5.75 Å². The van der Waals surface area contributed by atoms with Crippen LogP contribution in [0.3, 0.4) is 0 Å². The third kappa shape index (κ3) is 7.13. The summed E-state index contributed by atoms with van der Waals surface area (Å²) >= 11 is 0. The molecule has 1 aliphatic heterocycles. The van der Waals surface area contributed by atoms with Crippen molar-refractivity contribution in [3.63, 3.8) is 0 Å². The highest BCUT2D eigenvalue weighted by molar-refractivity contribution is 5.78. The molecule has 2 amide bonds. The smallest absolute Gasteiger partial charge is 0.223 e. The van der Waals surface area contributed by atoms with Gasteiger partial charge in [-0.2, -0.15) is 5.10 Å². The van der Waals surface area contributed by atoms with Crippen LogP contribution in [-0.2, 0) is 22.7 Å². The van der Waals surface area contributed by atoms with Gasteiger partial charge in [-0.25, -0.2) is 9.37 Å². The molecule has 0 spiro atoms. The van der Waals surface area contributed by atoms with Crippen LogP contribution in [0.2, 0.25) is 0 Å². The fourth-order valence-corrected chi connectivity index (χ4v) is 4.50. The van der Waals surface area contributed by atoms with E-state index >= 15 is 0 Å². The van der Waals surface area contributed by atoms with E-state index in [0.29, 0.717) is 51.2 Å². The zero-order chi connectivity index (χ0) is 25.3. The Labute approximate surface area is 210 Å². The molecule has 4 rings (SSSR count). The summed E-state index contributed by atoms with van der Waals surface area (Å²) in [6.07, 6.45) is 4.80. The number of hydrogen-bond donors (Lipinski definition) is 0. The van der Waals surface area contributed by atoms with E-state index in [1.54, 1.807) is 35.1 Å². The van der Waals surface area contributed by atoms with Gasteiger partial charge in [0, 0.05) is 58.4 Å². The molecule has 2 heterocycles. The highest BCUT2D eigenvalue weighted by atomic mass is 19.1. The first kappa shape index (κ1) is 25.3. The average Bonchev–Trinajstić information content (AvgIpc) is 3.40. The van der Waals surface area contributed by atoms with Gasteiger partial charge >= 0.3 is 0 Å². The molecular weight excluding hydrogens is 461 g/mol. The Hall–Kier alpha value is -3.75. The van der Waals surface area contributed by atoms with Crippen molar-refractivity contribution in [1.82, 2.24) is 24.6 Å². The second kappa shape index (κ2) is 12.3. The lowest BCUT2D eigenvalue weighted by molar-refractivity contribution is -0.139. The maximum Gasteiger partial charge on any atom is 0.223 e. The van der Waals surface area contributed by atoms with E-state index in [1.165, 1.54) is 18.5 Å². The largest absolute Gasteiger partial charge is 0.490 e. The van der Waals surface area contributed by atoms with Crippen LogP contribution in [0, 0.1) is 11.7 Å². The standard InChI is InChI=1S/C27H32FN5O3/c1-31(17-21-6-3-2-4-7-21)27(35)16-22-18-32(26(34)8-5-14-33-20-29-19-30-33)15-13-25(22)36-24-11-9-23(28)10-12-24/h2-4,6-7,9-12,19-20,22,25H,5,8,13-18H2,1H3/t22-,25-/m0/s1. The molecule has 36 heavy (non-hydrogen) atoms. The van der Waals surface area contributed by atoms with Gasteiger partial charge in [-0.3, -0.25) is 14.3 Å². The number of amides is 2. The van der Waals surface area contributed by atoms with Gasteiger partial charge in [-0.1, -0.05) is 30.3 Å². The van der Waals surface area contributed by atoms with Crippen molar-refractivity contribution in [2.75, 3.05) is 20.1 Å². The summed E-state index contributed by atoms with van der Waals surface area (Å²) in [6, 6.07) is 15.7. The summed E-state index contributed by atoms with van der Waals surface area (Å²) in [5.74, 6) is 0.114. The molecule has 0 saturated carbocycles. The van der Waals surface area contributed by atoms with Crippen molar-refractivity contribution in [2.45, 2.75) is 44.9 Å². The van der Waals surface area contributed by atoms with E-state index in [9.17, 15) is 14.0 Å². The maximum absolute atomic E-state index is 13.4. The molecule has 190 valence electrons. The molecule has 1 aliphatic rings. The minimum absolute atomic E-state index is 0.00274. The van der Waals surface area contributed by atoms with E-state index in [4.69, 9.17) is 4.74 Å². The highest BCUT2D eigenvalue weighted by Crippen LogP contribution is 2.27. The topological polar surface area (TPSA) is 80.6 Å². The van der Waals surface area contributed by atoms with Gasteiger partial charge in [-0.15, -0.1) is 0 Å². The zero-order valence-electron chi connectivity index (χ0n) is 20.5. The Balaban J connectivity index is 1.38. The number of piperidine rings is 1. The molecular formula is C27H32FN5O3. The predicted octanol–water partition coefficient (Wildman–Crippen LogP) is 3.54. The second-order valence-electron chi connectivity index (χ2n) is 9.20. The highest BCUT2D eigenvalue weighted by Gasteiger charge is 2.35. The molecule has 0 aliphatic carbocycles. The summed E-state index contributed by atoms with van der Waals surface area (Å²) in [4.78, 5) is 33.5. The van der Waals surface area contributed by atoms with E-state index in [0.717, 1.165) is 5.56 Å². The van der Waals surface area contributed by atoms with Crippen molar-refractivity contribution in [3.05, 3.63) is 78.6 Å². The number of aryl methyl sites for hydroxylation is 1. The number of rotatable bonds is 10. The Bertz CT molecular complexity index is 1110. The van der Waals surface area contributed by atoms with Crippen molar-refractivity contribution in [2.24, 2.45) is 5.92 Å². The number of hydrogen-bond acceptors (Lipinski definition) is 5. The van der Waals surface area contributed by atoms with Crippen molar-refractivity contribution >= 4 is 11.8 Å². The fourth-order valence-electron chi connectivity index (χ4n) is 4.50. The molecule has 0 N–H and O–H groups in total. The van der Waals surface area contributed by atoms with Crippen molar-refractivity contribution in [1.29, 1.82) is 0 Å². The molecule has 2 atom stereocenters. The summed E-state index contributed by atoms with van der Waals surface area (Å²) < 4.78 is 21.2. The lowest BCUT2D eigenvalue weighted by atomic mass is 9.90. The zero-order valence-corrected chi connectivity index (χ0v) is 20.5. The third-order valence-electron chi connectivity index (χ3n) is 6.49. The molecule has 3 aromatic rings. The number of likely N-dealkylation sites (tertiary alicyclic amines) is 1. The van der Waals surface area contributed by atoms with Gasteiger partial charge in [0.1, 0.15) is 30.3 Å². The Kier molecular flexibility index (Phi) is 8.65. The SMILES string of the molecule is CN(Cc1ccccc1)C(=O)C[C@H]1CN(C(=O)CCCn2cncn2)CC[C@@H]1Oc1ccc(F)cc1. The monoisotopic (exact) mass is 493 g/mol. The lowest BCUT2D eigenvalue weighted by Crippen LogP contribution is -2.49. The molecule has 1 aromatic heterocycles. The van der Waals surface area contributed by atoms with Crippen molar-refractivity contribution < 1.29 is 18.7 Å². The number of nitrogens with zero attached hydrogens (tertiary/aromatic N) is 5. The summed E-state index contributed by atoms with van der Waals surface area (Å²) in [6.45, 7) is 2.14. The van der Waals surface area contributed by atoms with Crippen LogP contribution in [0.4, 0.5) is 4.39 Å². The van der Waals surface area contributed by atoms with Gasteiger partial charge < -0.3 is 14.5 Å². The molecule has 2 aromatic carbocycles. The summed E-state index contributed by atoms with van der Waals surface area (Å²) in [5, 5.41) is 4.07. The van der Waals surface area contributed by atoms with E-state index in [2.05, 4.69) is 10.1 Å². The molecule has 0 radical (unpaired) electrons. The molecule has 0 bridgehead atoms. The average molecular weight is 494 g/mol. The summed E-state index contributed by atoms with van der Waals surface area (Å²) in [5.41, 5.74) is 1.06. The summed E-state index contributed by atoms with van der Waals surface area (Å²) in [7, 11) is 1.79. The predicted molar refractivity (Wildman–Crippen MR) is 132 cm³/mol. The van der Waals surface area contributed by atoms with E-state index < -0.39 is 0 Å². The Morgan fingerprint density at radius 1 is 1.14 bits per heavy atom. The minimum atomic E-state index is -0.331. The van der Waals surface area contributed by atoms with Crippen LogP contribution < -0.4 is 4.74 Å². The van der Waals surface area contributed by atoms with E-state index in [1.807, 2.05) is 35.2 Å². The Morgan fingerprint density at radius 3 is 2.64 bits per heavy atom. The van der Waals surface area contributed by atoms with Gasteiger partial charge in [0.15, 0.2) is 0 Å². The fraction of sp³-hybridized carbons (Fsp3) is 0.407. The first-order valence-electron chi connectivity index (χ1n) is 12.3. The van der Waals surface area contributed by atoms with Gasteiger partial charge in [0.05, 0.1) is 0 Å². The number of benzene rings is 2. The number of ether oxygens (including phenoxy) is 1. The second-order valence-corrected chi connectivity index (χ2v) is 9.20. The lowest BCUT2D eigenvalue weighted by Gasteiger charge is -2.39. The quantitative estimate of drug-likeness (QED) is 0.432. The number of halogens is 1. The molecule has 8 nitrogen and oxygen atoms in total. The molecule has 0 unspecified atom stereocenters. The van der Waals surface area contributed by atoms with Crippen LogP contribution in [0.1, 0.15) is 31.2 Å². The molecule has 1 saturated heterocycles. The Morgan fingerprint density at radius 2 is 1.92 bits per heavy atom. The molecule has 9 heteroatoms. The third-order valence-corrected chi connectivity index (χ3v) is 6.49. The van der Waals surface area contributed by atoms with Crippen LogP contribution in [0.15, 0.2) is 67.3 Å². The molecule has 1 fully saturated rings. The minimum Gasteiger partial charge on any atom is -0.490 e. The van der Waals surface area contributed by atoms with Crippen LogP contribution in [-0.4, -0.2) is 62.6 Å². The van der Waals surface area contributed by atoms with Gasteiger partial charge in [0.2, 0.25) is 11.8 Å². The first-order valence-corrected chi connectivity index (χ1v) is 12.3. The van der Waals surface area contributed by atoms with Gasteiger partial charge in [-0.05, 0) is 36.2 Å². The number of carbonyl (C=O) groups is 2. The van der Waals surface area contributed by atoms with Gasteiger partial charge in [0.25, 0.3) is 0 Å².